The molecular formula is C17H17N3O2. The van der Waals surface area contributed by atoms with Crippen LogP contribution in [-0.2, 0) is 4.79 Å². The second-order valence-electron chi connectivity index (χ2n) is 5.24. The van der Waals surface area contributed by atoms with Crippen molar-refractivity contribution in [3.8, 4) is 0 Å². The largest absolute Gasteiger partial charge is 0.374 e. The Morgan fingerprint density at radius 2 is 1.91 bits per heavy atom. The summed E-state index contributed by atoms with van der Waals surface area (Å²) in [6.45, 7) is 3.58. The van der Waals surface area contributed by atoms with E-state index in [2.05, 4.69) is 21.9 Å². The van der Waals surface area contributed by atoms with Crippen molar-refractivity contribution >= 4 is 28.2 Å². The molecule has 0 unspecified atom stereocenters. The van der Waals surface area contributed by atoms with Crippen molar-refractivity contribution in [2.75, 3.05) is 10.6 Å². The van der Waals surface area contributed by atoms with Crippen LogP contribution < -0.4 is 10.6 Å². The summed E-state index contributed by atoms with van der Waals surface area (Å²) in [6, 6.07) is 15.4. The summed E-state index contributed by atoms with van der Waals surface area (Å²) in [4.78, 5) is 12.1. The van der Waals surface area contributed by atoms with Gasteiger partial charge in [0.2, 0.25) is 5.91 Å². The third-order valence-corrected chi connectivity index (χ3v) is 3.41. The fourth-order valence-corrected chi connectivity index (χ4v) is 2.25. The number of aromatic nitrogens is 1. The normalized spacial score (nSPS) is 12.1. The van der Waals surface area contributed by atoms with E-state index in [1.807, 2.05) is 36.4 Å². The summed E-state index contributed by atoms with van der Waals surface area (Å²) in [5.74, 6) is 0.918. The highest BCUT2D eigenvalue weighted by Crippen LogP contribution is 2.19. The lowest BCUT2D eigenvalue weighted by atomic mass is 10.1. The lowest BCUT2D eigenvalue weighted by molar-refractivity contribution is -0.116. The highest BCUT2D eigenvalue weighted by Gasteiger charge is 2.14. The van der Waals surface area contributed by atoms with Crippen LogP contribution >= 0.6 is 0 Å². The number of rotatable bonds is 4. The van der Waals surface area contributed by atoms with Gasteiger partial charge in [-0.1, -0.05) is 35.5 Å². The molecule has 0 bridgehead atoms. The van der Waals surface area contributed by atoms with Crippen LogP contribution in [0, 0.1) is 6.92 Å². The number of hydrogen-bond acceptors (Lipinski definition) is 4. The zero-order valence-corrected chi connectivity index (χ0v) is 12.5. The van der Waals surface area contributed by atoms with Crippen molar-refractivity contribution in [2.24, 2.45) is 0 Å². The Balaban J connectivity index is 1.69. The summed E-state index contributed by atoms with van der Waals surface area (Å²) in [5, 5.41) is 12.0. The van der Waals surface area contributed by atoms with Crippen LogP contribution in [0.15, 0.2) is 53.1 Å². The summed E-state index contributed by atoms with van der Waals surface area (Å²) >= 11 is 0. The van der Waals surface area contributed by atoms with Gasteiger partial charge < -0.3 is 15.2 Å². The van der Waals surface area contributed by atoms with E-state index in [4.69, 9.17) is 4.52 Å². The van der Waals surface area contributed by atoms with E-state index in [1.165, 1.54) is 5.39 Å². The zero-order valence-electron chi connectivity index (χ0n) is 12.5. The summed E-state index contributed by atoms with van der Waals surface area (Å²) in [7, 11) is 0. The lowest BCUT2D eigenvalue weighted by Gasteiger charge is -2.14. The molecule has 3 rings (SSSR count). The minimum Gasteiger partial charge on any atom is -0.374 e. The monoisotopic (exact) mass is 295 g/mol. The van der Waals surface area contributed by atoms with Crippen molar-refractivity contribution in [1.82, 2.24) is 5.16 Å². The molecule has 112 valence electrons. The molecule has 0 aliphatic heterocycles. The van der Waals surface area contributed by atoms with Gasteiger partial charge in [-0.2, -0.15) is 0 Å². The van der Waals surface area contributed by atoms with Crippen LogP contribution in [0.1, 0.15) is 12.7 Å². The summed E-state index contributed by atoms with van der Waals surface area (Å²) in [5.41, 5.74) is 0.901. The molecule has 5 heteroatoms. The smallest absolute Gasteiger partial charge is 0.247 e. The Kier molecular flexibility index (Phi) is 3.78. The average Bonchev–Trinajstić information content (AvgIpc) is 2.92. The van der Waals surface area contributed by atoms with Crippen LogP contribution in [-0.4, -0.2) is 17.1 Å². The van der Waals surface area contributed by atoms with E-state index in [0.29, 0.717) is 11.6 Å². The predicted molar refractivity (Wildman–Crippen MR) is 86.9 cm³/mol. The Labute approximate surface area is 128 Å². The number of aryl methyl sites for hydroxylation is 1. The van der Waals surface area contributed by atoms with E-state index in [-0.39, 0.29) is 5.91 Å². The Bertz CT molecular complexity index is 810. The summed E-state index contributed by atoms with van der Waals surface area (Å²) in [6.07, 6.45) is 0. The third-order valence-electron chi connectivity index (χ3n) is 3.41. The summed E-state index contributed by atoms with van der Waals surface area (Å²) < 4.78 is 4.93. The number of fused-ring (bicyclic) bond motifs is 1. The lowest BCUT2D eigenvalue weighted by Crippen LogP contribution is -2.31. The maximum absolute atomic E-state index is 12.1. The molecule has 22 heavy (non-hydrogen) atoms. The van der Waals surface area contributed by atoms with Gasteiger partial charge in [0.25, 0.3) is 0 Å². The average molecular weight is 295 g/mol. The first-order valence-corrected chi connectivity index (χ1v) is 7.11. The van der Waals surface area contributed by atoms with Crippen molar-refractivity contribution in [2.45, 2.75) is 19.9 Å². The van der Waals surface area contributed by atoms with Crippen molar-refractivity contribution in [3.63, 3.8) is 0 Å². The van der Waals surface area contributed by atoms with Crippen molar-refractivity contribution < 1.29 is 9.32 Å². The van der Waals surface area contributed by atoms with Gasteiger partial charge in [0.1, 0.15) is 11.8 Å². The molecule has 0 saturated heterocycles. The van der Waals surface area contributed by atoms with Gasteiger partial charge >= 0.3 is 0 Å². The van der Waals surface area contributed by atoms with E-state index in [0.717, 1.165) is 11.1 Å². The number of benzene rings is 2. The quantitative estimate of drug-likeness (QED) is 0.772. The van der Waals surface area contributed by atoms with Crippen LogP contribution in [0.2, 0.25) is 0 Å². The molecule has 1 amide bonds. The minimum absolute atomic E-state index is 0.165. The number of nitrogens with one attached hydrogen (secondary N) is 2. The Hall–Kier alpha value is -2.82. The number of carbonyl (C=O) groups is 1. The first-order chi connectivity index (χ1) is 10.6. The van der Waals surface area contributed by atoms with E-state index >= 15 is 0 Å². The molecular weight excluding hydrogens is 278 g/mol. The van der Waals surface area contributed by atoms with Gasteiger partial charge in [0.15, 0.2) is 5.82 Å². The van der Waals surface area contributed by atoms with Gasteiger partial charge in [0.05, 0.1) is 0 Å². The van der Waals surface area contributed by atoms with E-state index in [9.17, 15) is 4.79 Å². The maximum Gasteiger partial charge on any atom is 0.247 e. The Morgan fingerprint density at radius 3 is 2.64 bits per heavy atom. The molecule has 0 radical (unpaired) electrons. The second kappa shape index (κ2) is 5.89. The van der Waals surface area contributed by atoms with Crippen molar-refractivity contribution in [3.05, 3.63) is 54.3 Å². The molecule has 1 aromatic heterocycles. The first kappa shape index (κ1) is 14.1. The highest BCUT2D eigenvalue weighted by molar-refractivity contribution is 5.96. The van der Waals surface area contributed by atoms with Crippen LogP contribution in [0.4, 0.5) is 11.5 Å². The molecule has 0 fully saturated rings. The van der Waals surface area contributed by atoms with Gasteiger partial charge in [-0.3, -0.25) is 4.79 Å². The predicted octanol–water partition coefficient (Wildman–Crippen LogP) is 3.58. The SMILES string of the molecule is Cc1cc(NC(=O)[C@@H](C)Nc2ccc3ccccc3c2)no1. The molecule has 1 heterocycles. The number of amides is 1. The molecule has 0 spiro atoms. The molecule has 1 atom stereocenters. The van der Waals surface area contributed by atoms with E-state index in [1.54, 1.807) is 19.9 Å². The number of anilines is 2. The fraction of sp³-hybridized carbons (Fsp3) is 0.176. The topological polar surface area (TPSA) is 67.2 Å². The van der Waals surface area contributed by atoms with Crippen LogP contribution in [0.3, 0.4) is 0 Å². The maximum atomic E-state index is 12.1. The molecule has 2 aromatic carbocycles. The number of carbonyl (C=O) groups excluding carboxylic acids is 1. The fourth-order valence-electron chi connectivity index (χ4n) is 2.25. The van der Waals surface area contributed by atoms with Crippen LogP contribution in [0.25, 0.3) is 10.8 Å². The minimum atomic E-state index is -0.391. The number of hydrogen-bond donors (Lipinski definition) is 2. The molecule has 5 nitrogen and oxygen atoms in total. The van der Waals surface area contributed by atoms with Crippen LogP contribution in [0.5, 0.6) is 0 Å². The van der Waals surface area contributed by atoms with Gasteiger partial charge in [-0.25, -0.2) is 0 Å². The van der Waals surface area contributed by atoms with E-state index < -0.39 is 6.04 Å². The molecule has 3 aromatic rings. The first-order valence-electron chi connectivity index (χ1n) is 7.11. The Morgan fingerprint density at radius 1 is 1.14 bits per heavy atom. The molecule has 0 aliphatic carbocycles. The standard InChI is InChI=1S/C17H17N3O2/c1-11-9-16(20-22-11)19-17(21)12(2)18-15-8-7-13-5-3-4-6-14(13)10-15/h3-10,12,18H,1-2H3,(H,19,20,21)/t12-/m1/s1. The van der Waals surface area contributed by atoms with Gasteiger partial charge in [-0.15, -0.1) is 0 Å². The zero-order chi connectivity index (χ0) is 15.5. The number of nitrogens with zero attached hydrogens (tertiary/aromatic N) is 1. The van der Waals surface area contributed by atoms with Gasteiger partial charge in [-0.05, 0) is 36.8 Å². The third kappa shape index (κ3) is 3.09. The highest BCUT2D eigenvalue weighted by atomic mass is 16.5. The molecule has 0 saturated carbocycles. The molecule has 0 aliphatic rings. The van der Waals surface area contributed by atoms with Crippen molar-refractivity contribution in [1.29, 1.82) is 0 Å². The molecule has 2 N–H and O–H groups in total. The van der Waals surface area contributed by atoms with Gasteiger partial charge in [0, 0.05) is 11.8 Å². The second-order valence-corrected chi connectivity index (χ2v) is 5.24.